The Labute approximate surface area is 161 Å². The average Bonchev–Trinajstić information content (AvgIpc) is 3.09. The lowest BCUT2D eigenvalue weighted by atomic mass is 10.2. The standard InChI is InChI=1S/C19H20N4O3S/c1-12(21-19-22-14-8-4-5-10-16(14)27-19)18(24)23-20-11-13-7-6-9-15(25-2)17(13)26-3/h4-12H,1-3H3,(H,21,22)(H,23,24)/b20-11-/t12-/m1/s1. The highest BCUT2D eigenvalue weighted by molar-refractivity contribution is 7.22. The first kappa shape index (κ1) is 18.7. The van der Waals surface area contributed by atoms with E-state index in [1.54, 1.807) is 27.2 Å². The van der Waals surface area contributed by atoms with E-state index in [0.717, 1.165) is 10.2 Å². The number of nitrogens with zero attached hydrogens (tertiary/aromatic N) is 2. The number of ether oxygens (including phenoxy) is 2. The first-order valence-electron chi connectivity index (χ1n) is 8.28. The van der Waals surface area contributed by atoms with E-state index in [1.165, 1.54) is 17.6 Å². The van der Waals surface area contributed by atoms with Crippen LogP contribution in [0.3, 0.4) is 0 Å². The van der Waals surface area contributed by atoms with Crippen molar-refractivity contribution < 1.29 is 14.3 Å². The number of aromatic nitrogens is 1. The second-order valence-electron chi connectivity index (χ2n) is 5.67. The third kappa shape index (κ3) is 4.35. The van der Waals surface area contributed by atoms with E-state index in [9.17, 15) is 4.79 Å². The zero-order valence-electron chi connectivity index (χ0n) is 15.2. The molecule has 0 bridgehead atoms. The van der Waals surface area contributed by atoms with Gasteiger partial charge in [-0.15, -0.1) is 0 Å². The smallest absolute Gasteiger partial charge is 0.262 e. The molecule has 0 saturated carbocycles. The van der Waals surface area contributed by atoms with Gasteiger partial charge in [0.1, 0.15) is 6.04 Å². The lowest BCUT2D eigenvalue weighted by Gasteiger charge is -2.11. The molecule has 3 rings (SSSR count). The molecule has 7 nitrogen and oxygen atoms in total. The third-order valence-electron chi connectivity index (χ3n) is 3.84. The Hall–Kier alpha value is -3.13. The van der Waals surface area contributed by atoms with Gasteiger partial charge in [-0.2, -0.15) is 5.10 Å². The molecule has 0 radical (unpaired) electrons. The first-order valence-corrected chi connectivity index (χ1v) is 9.10. The number of fused-ring (bicyclic) bond motifs is 1. The summed E-state index contributed by atoms with van der Waals surface area (Å²) < 4.78 is 11.6. The van der Waals surface area contributed by atoms with Gasteiger partial charge in [0.05, 0.1) is 30.7 Å². The zero-order valence-corrected chi connectivity index (χ0v) is 16.0. The quantitative estimate of drug-likeness (QED) is 0.482. The van der Waals surface area contributed by atoms with Gasteiger partial charge in [-0.25, -0.2) is 10.4 Å². The number of hydrazone groups is 1. The monoisotopic (exact) mass is 384 g/mol. The number of amides is 1. The molecule has 2 N–H and O–H groups in total. The number of rotatable bonds is 7. The molecule has 0 fully saturated rings. The van der Waals surface area contributed by atoms with Gasteiger partial charge in [0, 0.05) is 5.56 Å². The normalized spacial score (nSPS) is 12.1. The number of nitrogens with one attached hydrogen (secondary N) is 2. The highest BCUT2D eigenvalue weighted by Crippen LogP contribution is 2.29. The van der Waals surface area contributed by atoms with Crippen LogP contribution in [0.4, 0.5) is 5.13 Å². The van der Waals surface area contributed by atoms with Gasteiger partial charge in [-0.05, 0) is 31.2 Å². The molecular weight excluding hydrogens is 364 g/mol. The number of thiazole rings is 1. The van der Waals surface area contributed by atoms with Crippen molar-refractivity contribution in [3.63, 3.8) is 0 Å². The Bertz CT molecular complexity index is 937. The number of anilines is 1. The van der Waals surface area contributed by atoms with Crippen LogP contribution in [0.1, 0.15) is 12.5 Å². The summed E-state index contributed by atoms with van der Waals surface area (Å²) in [6, 6.07) is 12.8. The van der Waals surface area contributed by atoms with Crippen molar-refractivity contribution in [1.82, 2.24) is 10.4 Å². The lowest BCUT2D eigenvalue weighted by Crippen LogP contribution is -2.34. The molecule has 2 aromatic carbocycles. The summed E-state index contributed by atoms with van der Waals surface area (Å²) in [5.41, 5.74) is 4.12. The minimum atomic E-state index is -0.491. The summed E-state index contributed by atoms with van der Waals surface area (Å²) in [5.74, 6) is 0.879. The molecule has 0 aliphatic carbocycles. The van der Waals surface area contributed by atoms with Crippen molar-refractivity contribution in [2.45, 2.75) is 13.0 Å². The van der Waals surface area contributed by atoms with Crippen LogP contribution < -0.4 is 20.2 Å². The Kier molecular flexibility index (Phi) is 5.87. The van der Waals surface area contributed by atoms with Gasteiger partial charge in [0.15, 0.2) is 16.6 Å². The van der Waals surface area contributed by atoms with E-state index in [-0.39, 0.29) is 5.91 Å². The Morgan fingerprint density at radius 2 is 2.00 bits per heavy atom. The molecule has 0 aliphatic heterocycles. The Balaban J connectivity index is 1.62. The number of methoxy groups -OCH3 is 2. The molecule has 1 atom stereocenters. The highest BCUT2D eigenvalue weighted by atomic mass is 32.1. The van der Waals surface area contributed by atoms with Crippen molar-refractivity contribution >= 4 is 38.8 Å². The second-order valence-corrected chi connectivity index (χ2v) is 6.70. The molecule has 8 heteroatoms. The van der Waals surface area contributed by atoms with Gasteiger partial charge in [0.2, 0.25) is 0 Å². The summed E-state index contributed by atoms with van der Waals surface area (Å²) >= 11 is 1.50. The predicted octanol–water partition coefficient (Wildman–Crippen LogP) is 3.26. The summed E-state index contributed by atoms with van der Waals surface area (Å²) in [6.45, 7) is 1.75. The largest absolute Gasteiger partial charge is 0.493 e. The minimum absolute atomic E-state index is 0.271. The molecule has 0 saturated heterocycles. The fourth-order valence-corrected chi connectivity index (χ4v) is 3.41. The molecule has 1 aromatic heterocycles. The lowest BCUT2D eigenvalue weighted by molar-refractivity contribution is -0.121. The average molecular weight is 384 g/mol. The second kappa shape index (κ2) is 8.50. The summed E-state index contributed by atoms with van der Waals surface area (Å²) in [7, 11) is 3.12. The molecule has 0 aliphatic rings. The summed E-state index contributed by atoms with van der Waals surface area (Å²) in [4.78, 5) is 16.7. The maximum Gasteiger partial charge on any atom is 0.262 e. The van der Waals surface area contributed by atoms with Crippen molar-refractivity contribution in [3.8, 4) is 11.5 Å². The van der Waals surface area contributed by atoms with Gasteiger partial charge < -0.3 is 14.8 Å². The fourth-order valence-electron chi connectivity index (χ4n) is 2.46. The van der Waals surface area contributed by atoms with E-state index in [0.29, 0.717) is 22.2 Å². The van der Waals surface area contributed by atoms with Gasteiger partial charge in [-0.1, -0.05) is 29.5 Å². The summed E-state index contributed by atoms with van der Waals surface area (Å²) in [6.07, 6.45) is 1.52. The maximum atomic E-state index is 12.3. The van der Waals surface area contributed by atoms with Gasteiger partial charge in [0.25, 0.3) is 5.91 Å². The molecule has 27 heavy (non-hydrogen) atoms. The molecule has 0 unspecified atom stereocenters. The van der Waals surface area contributed by atoms with Crippen LogP contribution in [0.25, 0.3) is 10.2 Å². The summed E-state index contributed by atoms with van der Waals surface area (Å²) in [5, 5.41) is 7.80. The van der Waals surface area contributed by atoms with Crippen LogP contribution in [-0.2, 0) is 4.79 Å². The molecular formula is C19H20N4O3S. The van der Waals surface area contributed by atoms with Crippen LogP contribution in [0, 0.1) is 0 Å². The van der Waals surface area contributed by atoms with Gasteiger partial charge in [-0.3, -0.25) is 4.79 Å². The Morgan fingerprint density at radius 1 is 1.19 bits per heavy atom. The van der Waals surface area contributed by atoms with E-state index in [2.05, 4.69) is 20.8 Å². The molecule has 1 amide bonds. The number of carbonyl (C=O) groups is 1. The fraction of sp³-hybridized carbons (Fsp3) is 0.211. The zero-order chi connectivity index (χ0) is 19.2. The van der Waals surface area contributed by atoms with E-state index >= 15 is 0 Å². The highest BCUT2D eigenvalue weighted by Gasteiger charge is 2.14. The Morgan fingerprint density at radius 3 is 2.74 bits per heavy atom. The van der Waals surface area contributed by atoms with Crippen LogP contribution in [0.15, 0.2) is 47.6 Å². The van der Waals surface area contributed by atoms with Crippen LogP contribution in [0.2, 0.25) is 0 Å². The molecule has 3 aromatic rings. The number of benzene rings is 2. The maximum absolute atomic E-state index is 12.3. The topological polar surface area (TPSA) is 84.8 Å². The van der Waals surface area contributed by atoms with Crippen molar-refractivity contribution in [2.24, 2.45) is 5.10 Å². The van der Waals surface area contributed by atoms with Gasteiger partial charge >= 0.3 is 0 Å². The predicted molar refractivity (Wildman–Crippen MR) is 108 cm³/mol. The number of hydrogen-bond acceptors (Lipinski definition) is 7. The van der Waals surface area contributed by atoms with E-state index < -0.39 is 6.04 Å². The van der Waals surface area contributed by atoms with Crippen molar-refractivity contribution in [1.29, 1.82) is 0 Å². The first-order chi connectivity index (χ1) is 13.1. The number of hydrogen-bond donors (Lipinski definition) is 2. The van der Waals surface area contributed by atoms with Crippen molar-refractivity contribution in [3.05, 3.63) is 48.0 Å². The third-order valence-corrected chi connectivity index (χ3v) is 4.81. The van der Waals surface area contributed by atoms with Crippen LogP contribution >= 0.6 is 11.3 Å². The molecule has 0 spiro atoms. The molecule has 140 valence electrons. The van der Waals surface area contributed by atoms with Crippen LogP contribution in [-0.4, -0.2) is 37.4 Å². The minimum Gasteiger partial charge on any atom is -0.493 e. The molecule has 1 heterocycles. The van der Waals surface area contributed by atoms with Crippen LogP contribution in [0.5, 0.6) is 11.5 Å². The number of para-hydroxylation sites is 2. The van der Waals surface area contributed by atoms with E-state index in [4.69, 9.17) is 9.47 Å². The SMILES string of the molecule is COc1cccc(/C=N\NC(=O)[C@@H](C)Nc2nc3ccccc3s2)c1OC. The van der Waals surface area contributed by atoms with Crippen molar-refractivity contribution in [2.75, 3.05) is 19.5 Å². The van der Waals surface area contributed by atoms with E-state index in [1.807, 2.05) is 36.4 Å². The number of carbonyl (C=O) groups excluding carboxylic acids is 1.